The fourth-order valence-electron chi connectivity index (χ4n) is 1.76. The molecule has 2 aromatic carbocycles. The molecule has 6 heteroatoms. The van der Waals surface area contributed by atoms with Crippen LogP contribution in [0.4, 0.5) is 10.5 Å². The van der Waals surface area contributed by atoms with Gasteiger partial charge in [0, 0.05) is 5.56 Å². The summed E-state index contributed by atoms with van der Waals surface area (Å²) < 4.78 is 26.1. The lowest BCUT2D eigenvalue weighted by molar-refractivity contribution is 0.256. The van der Waals surface area contributed by atoms with Crippen molar-refractivity contribution in [2.24, 2.45) is 0 Å². The summed E-state index contributed by atoms with van der Waals surface area (Å²) >= 11 is 0. The third-order valence-electron chi connectivity index (χ3n) is 2.89. The molecule has 5 nitrogen and oxygen atoms in total. The molecule has 0 unspecified atom stereocenters. The lowest BCUT2D eigenvalue weighted by Gasteiger charge is -2.10. The van der Waals surface area contributed by atoms with Crippen molar-refractivity contribution in [1.82, 2.24) is 4.72 Å². The van der Waals surface area contributed by atoms with Gasteiger partial charge in [-0.15, -0.1) is 6.42 Å². The molecule has 0 fully saturated rings. The topological polar surface area (TPSA) is 75.3 Å². The van der Waals surface area contributed by atoms with Crippen molar-refractivity contribution in [1.29, 1.82) is 0 Å². The maximum Gasteiger partial charge on any atom is 0.333 e. The number of carbonyl (C=O) groups excluding carboxylic acids is 1. The van der Waals surface area contributed by atoms with Gasteiger partial charge in [0.1, 0.15) is 0 Å². The second kappa shape index (κ2) is 6.33. The molecule has 22 heavy (non-hydrogen) atoms. The third-order valence-corrected chi connectivity index (χ3v) is 4.24. The molecule has 0 bridgehead atoms. The smallest absolute Gasteiger partial charge is 0.306 e. The van der Waals surface area contributed by atoms with Crippen molar-refractivity contribution in [3.8, 4) is 12.3 Å². The molecule has 0 saturated heterocycles. The first-order chi connectivity index (χ1) is 10.4. The van der Waals surface area contributed by atoms with Gasteiger partial charge in [-0.05, 0) is 31.2 Å². The zero-order valence-electron chi connectivity index (χ0n) is 11.8. The van der Waals surface area contributed by atoms with E-state index >= 15 is 0 Å². The van der Waals surface area contributed by atoms with Gasteiger partial charge in [0.2, 0.25) is 0 Å². The van der Waals surface area contributed by atoms with Crippen LogP contribution >= 0.6 is 0 Å². The highest BCUT2D eigenvalue weighted by Gasteiger charge is 2.17. The summed E-state index contributed by atoms with van der Waals surface area (Å²) in [6.07, 6.45) is 5.32. The lowest BCUT2D eigenvalue weighted by Crippen LogP contribution is -2.34. The minimum absolute atomic E-state index is 0.0125. The maximum atomic E-state index is 12.1. The number of urea groups is 1. The van der Waals surface area contributed by atoms with Crippen LogP contribution < -0.4 is 10.0 Å². The number of amides is 2. The Hall–Kier alpha value is -2.78. The average molecular weight is 314 g/mol. The number of nitrogens with one attached hydrogen (secondary N) is 2. The highest BCUT2D eigenvalue weighted by atomic mass is 32.2. The predicted molar refractivity (Wildman–Crippen MR) is 84.9 cm³/mol. The largest absolute Gasteiger partial charge is 0.333 e. The molecule has 2 rings (SSSR count). The van der Waals surface area contributed by atoms with Crippen molar-refractivity contribution in [3.05, 3.63) is 59.7 Å². The van der Waals surface area contributed by atoms with Gasteiger partial charge in [0.25, 0.3) is 10.0 Å². The minimum atomic E-state index is -3.93. The van der Waals surface area contributed by atoms with Crippen LogP contribution in [0, 0.1) is 19.3 Å². The molecule has 0 saturated carbocycles. The van der Waals surface area contributed by atoms with E-state index < -0.39 is 16.1 Å². The van der Waals surface area contributed by atoms with Gasteiger partial charge in [-0.2, -0.15) is 0 Å². The van der Waals surface area contributed by atoms with Crippen molar-refractivity contribution in [2.75, 3.05) is 5.32 Å². The van der Waals surface area contributed by atoms with Gasteiger partial charge in [-0.1, -0.05) is 35.7 Å². The summed E-state index contributed by atoms with van der Waals surface area (Å²) in [6, 6.07) is 11.9. The molecule has 2 amide bonds. The molecule has 0 spiro atoms. The monoisotopic (exact) mass is 314 g/mol. The minimum Gasteiger partial charge on any atom is -0.306 e. The fourth-order valence-corrected chi connectivity index (χ4v) is 2.67. The van der Waals surface area contributed by atoms with E-state index in [2.05, 4.69) is 11.2 Å². The van der Waals surface area contributed by atoms with E-state index in [9.17, 15) is 13.2 Å². The standard InChI is InChI=1S/C16H14N2O3S/c1-3-13-6-4-5-7-15(13)17-16(19)18-22(20,21)14-10-8-12(2)9-11-14/h1,4-11H,2H3,(H2,17,18,19). The number of aryl methyl sites for hydroxylation is 1. The average Bonchev–Trinajstić information content (AvgIpc) is 2.47. The van der Waals surface area contributed by atoms with Crippen LogP contribution in [0.25, 0.3) is 0 Å². The zero-order valence-corrected chi connectivity index (χ0v) is 12.6. The van der Waals surface area contributed by atoms with E-state index in [4.69, 9.17) is 6.42 Å². The Kier molecular flexibility index (Phi) is 4.49. The van der Waals surface area contributed by atoms with Crippen LogP contribution in [0.15, 0.2) is 53.4 Å². The van der Waals surface area contributed by atoms with Gasteiger partial charge < -0.3 is 5.32 Å². The fraction of sp³-hybridized carbons (Fsp3) is 0.0625. The Morgan fingerprint density at radius 2 is 1.73 bits per heavy atom. The molecule has 2 N–H and O–H groups in total. The number of sulfonamides is 1. The Bertz CT molecular complexity index is 834. The van der Waals surface area contributed by atoms with Gasteiger partial charge in [0.05, 0.1) is 10.6 Å². The summed E-state index contributed by atoms with van der Waals surface area (Å²) in [6.45, 7) is 1.84. The summed E-state index contributed by atoms with van der Waals surface area (Å²) in [5.74, 6) is 2.41. The number of hydrogen-bond donors (Lipinski definition) is 2. The highest BCUT2D eigenvalue weighted by Crippen LogP contribution is 2.14. The number of benzene rings is 2. The van der Waals surface area contributed by atoms with Crippen LogP contribution in [0.2, 0.25) is 0 Å². The zero-order chi connectivity index (χ0) is 16.2. The molecular formula is C16H14N2O3S. The number of anilines is 1. The molecule has 0 heterocycles. The number of terminal acetylenes is 1. The molecular weight excluding hydrogens is 300 g/mol. The number of hydrogen-bond acceptors (Lipinski definition) is 3. The summed E-state index contributed by atoms with van der Waals surface area (Å²) in [4.78, 5) is 11.9. The normalized spacial score (nSPS) is 10.5. The Morgan fingerprint density at radius 3 is 2.36 bits per heavy atom. The second-order valence-corrected chi connectivity index (χ2v) is 6.24. The Morgan fingerprint density at radius 1 is 1.09 bits per heavy atom. The molecule has 0 aliphatic carbocycles. The van der Waals surface area contributed by atoms with Gasteiger partial charge in [0.15, 0.2) is 0 Å². The van der Waals surface area contributed by atoms with Crippen LogP contribution in [0.5, 0.6) is 0 Å². The predicted octanol–water partition coefficient (Wildman–Crippen LogP) is 2.49. The van der Waals surface area contributed by atoms with E-state index in [1.807, 2.05) is 11.6 Å². The van der Waals surface area contributed by atoms with Gasteiger partial charge in [-0.25, -0.2) is 17.9 Å². The van der Waals surface area contributed by atoms with Crippen molar-refractivity contribution >= 4 is 21.7 Å². The molecule has 0 aliphatic rings. The van der Waals surface area contributed by atoms with Gasteiger partial charge >= 0.3 is 6.03 Å². The van der Waals surface area contributed by atoms with E-state index in [0.29, 0.717) is 11.3 Å². The molecule has 0 aromatic heterocycles. The molecule has 0 aliphatic heterocycles. The quantitative estimate of drug-likeness (QED) is 0.855. The number of carbonyl (C=O) groups is 1. The van der Waals surface area contributed by atoms with E-state index in [1.54, 1.807) is 36.4 Å². The van der Waals surface area contributed by atoms with Crippen molar-refractivity contribution < 1.29 is 13.2 Å². The Labute approximate surface area is 129 Å². The molecule has 0 atom stereocenters. The summed E-state index contributed by atoms with van der Waals surface area (Å²) in [7, 11) is -3.93. The van der Waals surface area contributed by atoms with E-state index in [1.165, 1.54) is 12.1 Å². The third kappa shape index (κ3) is 3.65. The van der Waals surface area contributed by atoms with Crippen molar-refractivity contribution in [2.45, 2.75) is 11.8 Å². The van der Waals surface area contributed by atoms with Crippen molar-refractivity contribution in [3.63, 3.8) is 0 Å². The summed E-state index contributed by atoms with van der Waals surface area (Å²) in [5, 5.41) is 2.43. The maximum absolute atomic E-state index is 12.1. The molecule has 2 aromatic rings. The SMILES string of the molecule is C#Cc1ccccc1NC(=O)NS(=O)(=O)c1ccc(C)cc1. The first-order valence-electron chi connectivity index (χ1n) is 6.38. The van der Waals surface area contributed by atoms with Gasteiger partial charge in [-0.3, -0.25) is 0 Å². The second-order valence-electron chi connectivity index (χ2n) is 4.56. The Balaban J connectivity index is 2.15. The van der Waals surface area contributed by atoms with Crippen LogP contribution in [-0.4, -0.2) is 14.4 Å². The highest BCUT2D eigenvalue weighted by molar-refractivity contribution is 7.90. The number of rotatable bonds is 3. The van der Waals surface area contributed by atoms with Crippen LogP contribution in [0.3, 0.4) is 0 Å². The van der Waals surface area contributed by atoms with Crippen LogP contribution in [-0.2, 0) is 10.0 Å². The lowest BCUT2D eigenvalue weighted by atomic mass is 10.2. The van der Waals surface area contributed by atoms with E-state index in [-0.39, 0.29) is 4.90 Å². The first kappa shape index (κ1) is 15.6. The number of para-hydroxylation sites is 1. The molecule has 112 valence electrons. The van der Waals surface area contributed by atoms with Crippen LogP contribution in [0.1, 0.15) is 11.1 Å². The first-order valence-corrected chi connectivity index (χ1v) is 7.87. The summed E-state index contributed by atoms with van der Waals surface area (Å²) in [5.41, 5.74) is 1.75. The van der Waals surface area contributed by atoms with E-state index in [0.717, 1.165) is 5.56 Å². The molecule has 0 radical (unpaired) electrons.